The molecule has 1 aromatic heterocycles. The summed E-state index contributed by atoms with van der Waals surface area (Å²) < 4.78 is 0. The number of benzene rings is 1. The van der Waals surface area contributed by atoms with E-state index in [1.54, 1.807) is 18.0 Å². The van der Waals surface area contributed by atoms with Gasteiger partial charge in [-0.1, -0.05) is 17.8 Å². The molecule has 1 heterocycles. The molecule has 0 spiro atoms. The number of nitrogens with zero attached hydrogens (tertiary/aromatic N) is 1. The molecule has 0 aliphatic heterocycles. The van der Waals surface area contributed by atoms with Gasteiger partial charge in [0, 0.05) is 11.1 Å². The first-order valence-corrected chi connectivity index (χ1v) is 7.44. The molecule has 0 bridgehead atoms. The average molecular weight is 271 g/mol. The minimum Gasteiger partial charge on any atom is -0.392 e. The average Bonchev–Trinajstić information content (AvgIpc) is 2.88. The van der Waals surface area contributed by atoms with Crippen LogP contribution in [0.3, 0.4) is 0 Å². The Morgan fingerprint density at radius 2 is 2.05 bits per heavy atom. The van der Waals surface area contributed by atoms with Crippen molar-refractivity contribution in [2.24, 2.45) is 0 Å². The van der Waals surface area contributed by atoms with Crippen LogP contribution < -0.4 is 0 Å². The quantitative estimate of drug-likeness (QED) is 0.927. The lowest BCUT2D eigenvalue weighted by molar-refractivity contribution is 0.281. The van der Waals surface area contributed by atoms with E-state index in [4.69, 9.17) is 5.11 Å². The number of hydrogen-bond donors (Lipinski definition) is 1. The van der Waals surface area contributed by atoms with Crippen LogP contribution in [0, 0.1) is 6.92 Å². The topological polar surface area (TPSA) is 33.1 Å². The van der Waals surface area contributed by atoms with Gasteiger partial charge in [-0.3, -0.25) is 0 Å². The highest BCUT2D eigenvalue weighted by atomic mass is 32.2. The van der Waals surface area contributed by atoms with Crippen LogP contribution in [0.15, 0.2) is 40.4 Å². The summed E-state index contributed by atoms with van der Waals surface area (Å²) in [4.78, 5) is 5.70. The number of pyridine rings is 1. The minimum absolute atomic E-state index is 0.0532. The van der Waals surface area contributed by atoms with E-state index >= 15 is 0 Å². The van der Waals surface area contributed by atoms with E-state index in [1.807, 2.05) is 13.0 Å². The van der Waals surface area contributed by atoms with Crippen LogP contribution in [-0.4, -0.2) is 10.1 Å². The Labute approximate surface area is 117 Å². The van der Waals surface area contributed by atoms with Gasteiger partial charge in [0.05, 0.1) is 6.61 Å². The summed E-state index contributed by atoms with van der Waals surface area (Å²) in [6.45, 7) is 2.10. The molecule has 0 atom stereocenters. The summed E-state index contributed by atoms with van der Waals surface area (Å²) in [6, 6.07) is 8.74. The van der Waals surface area contributed by atoms with Crippen LogP contribution in [0.5, 0.6) is 0 Å². The standard InChI is InChI=1S/C16H17NOS/c1-11-7-12(10-18)9-17-16(11)19-15-6-5-13-3-2-4-14(13)8-15/h5-9,18H,2-4,10H2,1H3. The van der Waals surface area contributed by atoms with Crippen LogP contribution in [0.4, 0.5) is 0 Å². The minimum atomic E-state index is 0.0532. The van der Waals surface area contributed by atoms with Gasteiger partial charge in [0.1, 0.15) is 5.03 Å². The Balaban J connectivity index is 1.85. The van der Waals surface area contributed by atoms with Crippen molar-refractivity contribution in [3.8, 4) is 0 Å². The Morgan fingerprint density at radius 3 is 2.84 bits per heavy atom. The maximum absolute atomic E-state index is 9.10. The molecule has 2 nitrogen and oxygen atoms in total. The number of aliphatic hydroxyl groups excluding tert-OH is 1. The van der Waals surface area contributed by atoms with Crippen molar-refractivity contribution in [3.63, 3.8) is 0 Å². The molecule has 1 aliphatic rings. The molecule has 3 heteroatoms. The molecule has 1 N–H and O–H groups in total. The lowest BCUT2D eigenvalue weighted by atomic mass is 10.1. The third kappa shape index (κ3) is 2.67. The molecule has 0 radical (unpaired) electrons. The smallest absolute Gasteiger partial charge is 0.104 e. The van der Waals surface area contributed by atoms with Gasteiger partial charge in [-0.2, -0.15) is 0 Å². The van der Waals surface area contributed by atoms with Crippen molar-refractivity contribution in [3.05, 3.63) is 52.7 Å². The molecule has 2 aromatic rings. The van der Waals surface area contributed by atoms with E-state index in [0.29, 0.717) is 0 Å². The zero-order valence-corrected chi connectivity index (χ0v) is 11.8. The highest BCUT2D eigenvalue weighted by molar-refractivity contribution is 7.99. The number of aliphatic hydroxyl groups is 1. The predicted octanol–water partition coefficient (Wildman–Crippen LogP) is 3.52. The van der Waals surface area contributed by atoms with Crippen molar-refractivity contribution < 1.29 is 5.11 Å². The van der Waals surface area contributed by atoms with Crippen LogP contribution in [0.2, 0.25) is 0 Å². The number of aromatic nitrogens is 1. The normalized spacial score (nSPS) is 13.6. The van der Waals surface area contributed by atoms with Crippen molar-refractivity contribution >= 4 is 11.8 Å². The van der Waals surface area contributed by atoms with Gasteiger partial charge in [0.25, 0.3) is 0 Å². The molecule has 1 aromatic carbocycles. The summed E-state index contributed by atoms with van der Waals surface area (Å²) in [5.74, 6) is 0. The molecule has 0 unspecified atom stereocenters. The molecule has 3 rings (SSSR count). The van der Waals surface area contributed by atoms with Gasteiger partial charge in [0.15, 0.2) is 0 Å². The second-order valence-electron chi connectivity index (χ2n) is 5.01. The molecular formula is C16H17NOS. The molecule has 1 aliphatic carbocycles. The summed E-state index contributed by atoms with van der Waals surface area (Å²) in [5, 5.41) is 10.1. The fourth-order valence-electron chi connectivity index (χ4n) is 2.54. The molecule has 0 amide bonds. The highest BCUT2D eigenvalue weighted by Crippen LogP contribution is 2.32. The fourth-order valence-corrected chi connectivity index (χ4v) is 3.42. The maximum Gasteiger partial charge on any atom is 0.104 e. The first kappa shape index (κ1) is 12.7. The van der Waals surface area contributed by atoms with Gasteiger partial charge < -0.3 is 5.11 Å². The van der Waals surface area contributed by atoms with Crippen LogP contribution in [0.1, 0.15) is 28.7 Å². The van der Waals surface area contributed by atoms with Gasteiger partial charge in [-0.05, 0) is 66.6 Å². The van der Waals surface area contributed by atoms with Crippen molar-refractivity contribution in [1.82, 2.24) is 4.98 Å². The third-order valence-electron chi connectivity index (χ3n) is 3.55. The summed E-state index contributed by atoms with van der Waals surface area (Å²) in [7, 11) is 0. The number of rotatable bonds is 3. The van der Waals surface area contributed by atoms with Gasteiger partial charge in [-0.25, -0.2) is 4.98 Å². The first-order valence-electron chi connectivity index (χ1n) is 6.62. The van der Waals surface area contributed by atoms with Crippen molar-refractivity contribution in [2.75, 3.05) is 0 Å². The highest BCUT2D eigenvalue weighted by Gasteiger charge is 2.12. The lowest BCUT2D eigenvalue weighted by Crippen LogP contribution is -1.91. The van der Waals surface area contributed by atoms with Crippen LogP contribution in [0.25, 0.3) is 0 Å². The Kier molecular flexibility index (Phi) is 3.58. The van der Waals surface area contributed by atoms with E-state index < -0.39 is 0 Å². The number of aryl methyl sites for hydroxylation is 3. The SMILES string of the molecule is Cc1cc(CO)cnc1Sc1ccc2c(c1)CCC2. The largest absolute Gasteiger partial charge is 0.392 e. The molecule has 0 fully saturated rings. The summed E-state index contributed by atoms with van der Waals surface area (Å²) in [5.41, 5.74) is 4.99. The fraction of sp³-hybridized carbons (Fsp3) is 0.312. The summed E-state index contributed by atoms with van der Waals surface area (Å²) in [6.07, 6.45) is 5.47. The second-order valence-corrected chi connectivity index (χ2v) is 6.07. The van der Waals surface area contributed by atoms with Gasteiger partial charge in [0.2, 0.25) is 0 Å². The molecule has 0 saturated heterocycles. The van der Waals surface area contributed by atoms with E-state index in [2.05, 4.69) is 23.2 Å². The van der Waals surface area contributed by atoms with Crippen molar-refractivity contribution in [2.45, 2.75) is 42.7 Å². The molecule has 0 saturated carbocycles. The van der Waals surface area contributed by atoms with Gasteiger partial charge in [-0.15, -0.1) is 0 Å². The van der Waals surface area contributed by atoms with Crippen LogP contribution >= 0.6 is 11.8 Å². The third-order valence-corrected chi connectivity index (χ3v) is 4.66. The second kappa shape index (κ2) is 5.35. The number of hydrogen-bond acceptors (Lipinski definition) is 3. The number of fused-ring (bicyclic) bond motifs is 1. The Morgan fingerprint density at radius 1 is 1.21 bits per heavy atom. The molecule has 98 valence electrons. The monoisotopic (exact) mass is 271 g/mol. The zero-order chi connectivity index (χ0) is 13.2. The Bertz CT molecular complexity index is 610. The zero-order valence-electron chi connectivity index (χ0n) is 11.0. The van der Waals surface area contributed by atoms with Crippen LogP contribution in [-0.2, 0) is 19.4 Å². The molecule has 19 heavy (non-hydrogen) atoms. The maximum atomic E-state index is 9.10. The van der Waals surface area contributed by atoms with E-state index in [0.717, 1.165) is 16.2 Å². The molecular weight excluding hydrogens is 254 g/mol. The van der Waals surface area contributed by atoms with E-state index in [-0.39, 0.29) is 6.61 Å². The lowest BCUT2D eigenvalue weighted by Gasteiger charge is -2.07. The van der Waals surface area contributed by atoms with Crippen molar-refractivity contribution in [1.29, 1.82) is 0 Å². The summed E-state index contributed by atoms with van der Waals surface area (Å²) >= 11 is 1.71. The van der Waals surface area contributed by atoms with E-state index in [9.17, 15) is 0 Å². The first-order chi connectivity index (χ1) is 9.26. The van der Waals surface area contributed by atoms with Gasteiger partial charge >= 0.3 is 0 Å². The predicted molar refractivity (Wildman–Crippen MR) is 77.5 cm³/mol. The van der Waals surface area contributed by atoms with E-state index in [1.165, 1.54) is 35.3 Å². The Hall–Kier alpha value is -1.32.